The third kappa shape index (κ3) is 5.21. The van der Waals surface area contributed by atoms with Gasteiger partial charge in [-0.05, 0) is 12.0 Å². The number of rotatable bonds is 10. The first-order chi connectivity index (χ1) is 9.74. The summed E-state index contributed by atoms with van der Waals surface area (Å²) in [6, 6.07) is 9.89. The zero-order chi connectivity index (χ0) is 14.8. The van der Waals surface area contributed by atoms with E-state index in [2.05, 4.69) is 11.8 Å². The van der Waals surface area contributed by atoms with Crippen LogP contribution in [0.3, 0.4) is 0 Å². The summed E-state index contributed by atoms with van der Waals surface area (Å²) in [7, 11) is 3.39. The third-order valence-corrected chi connectivity index (χ3v) is 3.56. The van der Waals surface area contributed by atoms with Gasteiger partial charge in [0.25, 0.3) is 0 Å². The Bertz CT molecular complexity index is 337. The Hall–Kier alpha value is -0.940. The van der Waals surface area contributed by atoms with E-state index in [1.54, 1.807) is 14.2 Å². The first-order valence-electron chi connectivity index (χ1n) is 7.19. The van der Waals surface area contributed by atoms with Gasteiger partial charge in [-0.25, -0.2) is 0 Å². The smallest absolute Gasteiger partial charge is 0.0945 e. The van der Waals surface area contributed by atoms with Crippen LogP contribution in [-0.2, 0) is 9.47 Å². The van der Waals surface area contributed by atoms with Crippen LogP contribution in [0, 0.1) is 0 Å². The van der Waals surface area contributed by atoms with Crippen LogP contribution in [0.1, 0.15) is 25.0 Å². The molecule has 114 valence electrons. The van der Waals surface area contributed by atoms with Crippen molar-refractivity contribution in [2.45, 2.75) is 25.5 Å². The minimum Gasteiger partial charge on any atom is -0.387 e. The fraction of sp³-hybridized carbons (Fsp3) is 0.625. The zero-order valence-electron chi connectivity index (χ0n) is 12.8. The largest absolute Gasteiger partial charge is 0.387 e. The van der Waals surface area contributed by atoms with Crippen LogP contribution in [0.15, 0.2) is 30.3 Å². The Morgan fingerprint density at radius 3 is 2.05 bits per heavy atom. The first-order valence-corrected chi connectivity index (χ1v) is 7.19. The van der Waals surface area contributed by atoms with Gasteiger partial charge < -0.3 is 14.6 Å². The molecule has 0 fully saturated rings. The maximum absolute atomic E-state index is 10.6. The minimum atomic E-state index is -0.491. The van der Waals surface area contributed by atoms with Gasteiger partial charge >= 0.3 is 0 Å². The molecular formula is C16H27NO3. The summed E-state index contributed by atoms with van der Waals surface area (Å²) in [6.07, 6.45) is 0.388. The molecule has 0 saturated carbocycles. The highest BCUT2D eigenvalue weighted by Crippen LogP contribution is 2.23. The summed E-state index contributed by atoms with van der Waals surface area (Å²) in [5.41, 5.74) is 0.958. The SMILES string of the molecule is CCC(C(O)c1ccccc1)N(CCOC)CCOC. The quantitative estimate of drug-likeness (QED) is 0.713. The number of aliphatic hydroxyl groups is 1. The molecule has 0 aliphatic heterocycles. The van der Waals surface area contributed by atoms with Crippen LogP contribution >= 0.6 is 0 Å². The highest BCUT2D eigenvalue weighted by Gasteiger charge is 2.25. The van der Waals surface area contributed by atoms with E-state index >= 15 is 0 Å². The summed E-state index contributed by atoms with van der Waals surface area (Å²) >= 11 is 0. The normalized spacial score (nSPS) is 14.4. The molecule has 0 bridgehead atoms. The van der Waals surface area contributed by atoms with E-state index in [1.807, 2.05) is 30.3 Å². The predicted octanol–water partition coefficient (Wildman–Crippen LogP) is 2.09. The molecule has 2 unspecified atom stereocenters. The molecule has 0 amide bonds. The van der Waals surface area contributed by atoms with Gasteiger partial charge in [0.15, 0.2) is 0 Å². The Morgan fingerprint density at radius 1 is 1.05 bits per heavy atom. The molecule has 2 atom stereocenters. The molecule has 4 nitrogen and oxygen atoms in total. The summed E-state index contributed by atoms with van der Waals surface area (Å²) in [6.45, 7) is 5.00. The first kappa shape index (κ1) is 17.1. The van der Waals surface area contributed by atoms with E-state index in [1.165, 1.54) is 0 Å². The molecule has 1 rings (SSSR count). The Morgan fingerprint density at radius 2 is 1.60 bits per heavy atom. The highest BCUT2D eigenvalue weighted by atomic mass is 16.5. The van der Waals surface area contributed by atoms with Gasteiger partial charge in [0.05, 0.1) is 19.3 Å². The predicted molar refractivity (Wildman–Crippen MR) is 80.8 cm³/mol. The number of hydrogen-bond acceptors (Lipinski definition) is 4. The van der Waals surface area contributed by atoms with Gasteiger partial charge in [0.1, 0.15) is 0 Å². The standard InChI is InChI=1S/C16H27NO3/c1-4-15(16(18)14-8-6-5-7-9-14)17(10-12-19-2)11-13-20-3/h5-9,15-16,18H,4,10-13H2,1-3H3. The van der Waals surface area contributed by atoms with E-state index in [-0.39, 0.29) is 6.04 Å². The number of benzene rings is 1. The minimum absolute atomic E-state index is 0.0719. The number of ether oxygens (including phenoxy) is 2. The zero-order valence-corrected chi connectivity index (χ0v) is 12.8. The van der Waals surface area contributed by atoms with Gasteiger partial charge in [-0.15, -0.1) is 0 Å². The summed E-state index contributed by atoms with van der Waals surface area (Å²) in [5.74, 6) is 0. The number of aliphatic hydroxyl groups excluding tert-OH is 1. The van der Waals surface area contributed by atoms with Crippen molar-refractivity contribution in [1.82, 2.24) is 4.90 Å². The molecule has 1 N–H and O–H groups in total. The lowest BCUT2D eigenvalue weighted by atomic mass is 9.99. The Kier molecular flexibility index (Phi) is 8.46. The maximum Gasteiger partial charge on any atom is 0.0945 e. The summed E-state index contributed by atoms with van der Waals surface area (Å²) in [5, 5.41) is 10.6. The second-order valence-corrected chi connectivity index (χ2v) is 4.85. The lowest BCUT2D eigenvalue weighted by molar-refractivity contribution is 0.0177. The topological polar surface area (TPSA) is 41.9 Å². The lowest BCUT2D eigenvalue weighted by Gasteiger charge is -2.34. The summed E-state index contributed by atoms with van der Waals surface area (Å²) in [4.78, 5) is 2.24. The van der Waals surface area contributed by atoms with Crippen molar-refractivity contribution in [1.29, 1.82) is 0 Å². The monoisotopic (exact) mass is 281 g/mol. The fourth-order valence-corrected chi connectivity index (χ4v) is 2.41. The van der Waals surface area contributed by atoms with Crippen LogP contribution in [0.25, 0.3) is 0 Å². The van der Waals surface area contributed by atoms with Crippen molar-refractivity contribution < 1.29 is 14.6 Å². The Labute approximate surface area is 122 Å². The molecule has 20 heavy (non-hydrogen) atoms. The van der Waals surface area contributed by atoms with Crippen molar-refractivity contribution >= 4 is 0 Å². The number of nitrogens with zero attached hydrogens (tertiary/aromatic N) is 1. The van der Waals surface area contributed by atoms with Crippen LogP contribution in [0.5, 0.6) is 0 Å². The van der Waals surface area contributed by atoms with Crippen molar-refractivity contribution in [3.05, 3.63) is 35.9 Å². The molecule has 0 aliphatic carbocycles. The maximum atomic E-state index is 10.6. The Balaban J connectivity index is 2.76. The molecular weight excluding hydrogens is 254 g/mol. The molecule has 0 spiro atoms. The fourth-order valence-electron chi connectivity index (χ4n) is 2.41. The second kappa shape index (κ2) is 9.88. The van der Waals surface area contributed by atoms with Crippen molar-refractivity contribution in [3.8, 4) is 0 Å². The summed E-state index contributed by atoms with van der Waals surface area (Å²) < 4.78 is 10.3. The third-order valence-electron chi connectivity index (χ3n) is 3.56. The van der Waals surface area contributed by atoms with E-state index in [4.69, 9.17) is 9.47 Å². The van der Waals surface area contributed by atoms with E-state index in [9.17, 15) is 5.11 Å². The van der Waals surface area contributed by atoms with E-state index in [0.29, 0.717) is 13.2 Å². The molecule has 0 heterocycles. The van der Waals surface area contributed by atoms with Crippen LogP contribution in [-0.4, -0.2) is 56.6 Å². The second-order valence-electron chi connectivity index (χ2n) is 4.85. The molecule has 4 heteroatoms. The molecule has 0 aromatic heterocycles. The molecule has 0 radical (unpaired) electrons. The van der Waals surface area contributed by atoms with Crippen LogP contribution in [0.2, 0.25) is 0 Å². The van der Waals surface area contributed by atoms with Gasteiger partial charge in [-0.3, -0.25) is 4.90 Å². The van der Waals surface area contributed by atoms with Crippen molar-refractivity contribution in [2.75, 3.05) is 40.5 Å². The van der Waals surface area contributed by atoms with Crippen molar-refractivity contribution in [3.63, 3.8) is 0 Å². The van der Waals surface area contributed by atoms with Crippen LogP contribution in [0.4, 0.5) is 0 Å². The highest BCUT2D eigenvalue weighted by molar-refractivity contribution is 5.18. The van der Waals surface area contributed by atoms with Gasteiger partial charge in [0, 0.05) is 33.4 Å². The molecule has 0 saturated heterocycles. The van der Waals surface area contributed by atoms with Crippen LogP contribution < -0.4 is 0 Å². The lowest BCUT2D eigenvalue weighted by Crippen LogP contribution is -2.43. The molecule has 1 aromatic rings. The van der Waals surface area contributed by atoms with Gasteiger partial charge in [-0.1, -0.05) is 37.3 Å². The average Bonchev–Trinajstić information content (AvgIpc) is 2.50. The molecule has 0 aliphatic rings. The van der Waals surface area contributed by atoms with Crippen molar-refractivity contribution in [2.24, 2.45) is 0 Å². The molecule has 1 aromatic carbocycles. The average molecular weight is 281 g/mol. The van der Waals surface area contributed by atoms with Gasteiger partial charge in [0.2, 0.25) is 0 Å². The number of hydrogen-bond donors (Lipinski definition) is 1. The van der Waals surface area contributed by atoms with E-state index in [0.717, 1.165) is 25.1 Å². The van der Waals surface area contributed by atoms with E-state index < -0.39 is 6.10 Å². The number of methoxy groups -OCH3 is 2. The van der Waals surface area contributed by atoms with Gasteiger partial charge in [-0.2, -0.15) is 0 Å².